The third-order valence-corrected chi connectivity index (χ3v) is 5.93. The summed E-state index contributed by atoms with van der Waals surface area (Å²) in [7, 11) is 1.79. The molecule has 1 aliphatic rings. The molecule has 0 fully saturated rings. The second-order valence-electron chi connectivity index (χ2n) is 8.35. The molecule has 7 heteroatoms. The first-order valence-electron chi connectivity index (χ1n) is 10.7. The number of aryl methyl sites for hydroxylation is 2. The fourth-order valence-corrected chi connectivity index (χ4v) is 4.16. The first-order valence-corrected chi connectivity index (χ1v) is 10.7. The number of aromatic hydroxyl groups is 2. The minimum Gasteiger partial charge on any atom is -0.508 e. The second-order valence-corrected chi connectivity index (χ2v) is 8.35. The van der Waals surface area contributed by atoms with Crippen LogP contribution in [0.1, 0.15) is 27.0 Å². The number of phenols is 2. The molecule has 7 nitrogen and oxygen atoms in total. The molecular formula is C26H24N4O3. The van der Waals surface area contributed by atoms with Gasteiger partial charge in [0.1, 0.15) is 22.9 Å². The summed E-state index contributed by atoms with van der Waals surface area (Å²) in [6, 6.07) is 20.4. The molecule has 0 spiro atoms. The Bertz CT molecular complexity index is 1330. The molecule has 1 aliphatic heterocycles. The van der Waals surface area contributed by atoms with Gasteiger partial charge in [-0.25, -0.2) is 0 Å². The van der Waals surface area contributed by atoms with Gasteiger partial charge < -0.3 is 20.4 Å². The molecule has 1 aromatic heterocycles. The third kappa shape index (κ3) is 3.89. The van der Waals surface area contributed by atoms with Crippen molar-refractivity contribution in [1.82, 2.24) is 14.7 Å². The largest absolute Gasteiger partial charge is 0.508 e. The van der Waals surface area contributed by atoms with Crippen LogP contribution in [-0.2, 0) is 20.1 Å². The van der Waals surface area contributed by atoms with E-state index in [2.05, 4.69) is 10.4 Å². The molecule has 0 atom stereocenters. The van der Waals surface area contributed by atoms with Gasteiger partial charge in [0.2, 0.25) is 0 Å². The van der Waals surface area contributed by atoms with E-state index in [9.17, 15) is 15.0 Å². The summed E-state index contributed by atoms with van der Waals surface area (Å²) in [5, 5.41) is 28.5. The number of fused-ring (bicyclic) bond motifs is 1. The van der Waals surface area contributed by atoms with Gasteiger partial charge in [-0.3, -0.25) is 9.48 Å². The molecule has 0 bridgehead atoms. The van der Waals surface area contributed by atoms with E-state index < -0.39 is 0 Å². The van der Waals surface area contributed by atoms with Gasteiger partial charge in [0.05, 0.1) is 11.4 Å². The molecule has 2 heterocycles. The summed E-state index contributed by atoms with van der Waals surface area (Å²) in [5.74, 6) is -0.113. The van der Waals surface area contributed by atoms with Crippen LogP contribution in [-0.4, -0.2) is 30.8 Å². The number of hydrogen-bond donors (Lipinski definition) is 3. The number of phenolic OH excluding ortho intramolecular Hbond substituents is 2. The van der Waals surface area contributed by atoms with Crippen molar-refractivity contribution in [2.24, 2.45) is 7.05 Å². The first kappa shape index (κ1) is 20.6. The SMILES string of the molecule is Cc1ccc(-c2cc(Nc3cc(O)cc(O)c3C(=O)N3Cc4ccccc4C3)n(C)n2)cc1. The number of aromatic nitrogens is 2. The Morgan fingerprint density at radius 1 is 0.970 bits per heavy atom. The van der Waals surface area contributed by atoms with Crippen molar-refractivity contribution in [3.05, 3.63) is 89.0 Å². The number of carbonyl (C=O) groups is 1. The van der Waals surface area contributed by atoms with Crippen molar-refractivity contribution < 1.29 is 15.0 Å². The molecular weight excluding hydrogens is 416 g/mol. The molecule has 0 saturated heterocycles. The van der Waals surface area contributed by atoms with Gasteiger partial charge in [-0.2, -0.15) is 5.10 Å². The van der Waals surface area contributed by atoms with Crippen LogP contribution in [0.4, 0.5) is 11.5 Å². The molecule has 3 N–H and O–H groups in total. The topological polar surface area (TPSA) is 90.6 Å². The molecule has 5 rings (SSSR count). The van der Waals surface area contributed by atoms with E-state index in [0.29, 0.717) is 24.6 Å². The minimum atomic E-state index is -0.313. The maximum absolute atomic E-state index is 13.4. The lowest BCUT2D eigenvalue weighted by Gasteiger charge is -2.19. The Morgan fingerprint density at radius 3 is 2.30 bits per heavy atom. The standard InChI is InChI=1S/C26H24N4O3/c1-16-7-9-17(10-8-16)21-13-24(29(2)28-21)27-22-11-20(31)12-23(32)25(22)26(33)30-14-18-5-3-4-6-19(18)15-30/h3-13,27,31-32H,14-15H2,1-2H3. The van der Waals surface area contributed by atoms with Crippen LogP contribution in [0.5, 0.6) is 11.5 Å². The van der Waals surface area contributed by atoms with Crippen molar-refractivity contribution in [3.8, 4) is 22.8 Å². The van der Waals surface area contributed by atoms with Crippen molar-refractivity contribution in [1.29, 1.82) is 0 Å². The molecule has 33 heavy (non-hydrogen) atoms. The van der Waals surface area contributed by atoms with Crippen molar-refractivity contribution in [3.63, 3.8) is 0 Å². The Labute approximate surface area is 191 Å². The molecule has 166 valence electrons. The fourth-order valence-electron chi connectivity index (χ4n) is 4.16. The lowest BCUT2D eigenvalue weighted by atomic mass is 10.1. The van der Waals surface area contributed by atoms with Gasteiger partial charge in [0.15, 0.2) is 0 Å². The van der Waals surface area contributed by atoms with Crippen LogP contribution in [0, 0.1) is 6.92 Å². The van der Waals surface area contributed by atoms with E-state index in [1.165, 1.54) is 12.1 Å². The Morgan fingerprint density at radius 2 is 1.64 bits per heavy atom. The van der Waals surface area contributed by atoms with Crippen LogP contribution in [0.15, 0.2) is 66.7 Å². The summed E-state index contributed by atoms with van der Waals surface area (Å²) in [6.07, 6.45) is 0. The number of anilines is 2. The number of benzene rings is 3. The predicted octanol–water partition coefficient (Wildman–Crippen LogP) is 4.71. The number of carbonyl (C=O) groups excluding carboxylic acids is 1. The van der Waals surface area contributed by atoms with Gasteiger partial charge in [0.25, 0.3) is 5.91 Å². The normalized spacial score (nSPS) is 12.6. The Kier molecular flexibility index (Phi) is 5.01. The predicted molar refractivity (Wildman–Crippen MR) is 126 cm³/mol. The molecule has 0 radical (unpaired) electrons. The lowest BCUT2D eigenvalue weighted by molar-refractivity contribution is 0.0749. The van der Waals surface area contributed by atoms with Crippen molar-refractivity contribution in [2.75, 3.05) is 5.32 Å². The molecule has 3 aromatic carbocycles. The highest BCUT2D eigenvalue weighted by Gasteiger charge is 2.28. The van der Waals surface area contributed by atoms with Gasteiger partial charge >= 0.3 is 0 Å². The maximum Gasteiger partial charge on any atom is 0.260 e. The van der Waals surface area contributed by atoms with E-state index >= 15 is 0 Å². The summed E-state index contributed by atoms with van der Waals surface area (Å²) in [5.41, 5.74) is 5.50. The highest BCUT2D eigenvalue weighted by molar-refractivity contribution is 6.03. The van der Waals surface area contributed by atoms with Crippen LogP contribution >= 0.6 is 0 Å². The zero-order valence-electron chi connectivity index (χ0n) is 18.4. The second kappa shape index (κ2) is 8.02. The minimum absolute atomic E-state index is 0.110. The maximum atomic E-state index is 13.4. The highest BCUT2D eigenvalue weighted by atomic mass is 16.3. The van der Waals surface area contributed by atoms with Gasteiger partial charge in [-0.15, -0.1) is 0 Å². The van der Waals surface area contributed by atoms with E-state index in [0.717, 1.165) is 27.9 Å². The third-order valence-electron chi connectivity index (χ3n) is 5.93. The average molecular weight is 441 g/mol. The smallest absolute Gasteiger partial charge is 0.260 e. The fraction of sp³-hybridized carbons (Fsp3) is 0.154. The lowest BCUT2D eigenvalue weighted by Crippen LogP contribution is -2.26. The van der Waals surface area contributed by atoms with Gasteiger partial charge in [-0.1, -0.05) is 54.1 Å². The van der Waals surface area contributed by atoms with Gasteiger partial charge in [-0.05, 0) is 18.1 Å². The average Bonchev–Trinajstić information content (AvgIpc) is 3.37. The first-order chi connectivity index (χ1) is 15.9. The zero-order valence-corrected chi connectivity index (χ0v) is 18.4. The van der Waals surface area contributed by atoms with Crippen LogP contribution in [0.2, 0.25) is 0 Å². The molecule has 0 unspecified atom stereocenters. The van der Waals surface area contributed by atoms with Crippen LogP contribution in [0.25, 0.3) is 11.3 Å². The molecule has 1 amide bonds. The van der Waals surface area contributed by atoms with Crippen LogP contribution in [0.3, 0.4) is 0 Å². The quantitative estimate of drug-likeness (QED) is 0.428. The van der Waals surface area contributed by atoms with Crippen molar-refractivity contribution in [2.45, 2.75) is 20.0 Å². The number of nitrogens with one attached hydrogen (secondary N) is 1. The van der Waals surface area contributed by atoms with E-state index in [-0.39, 0.29) is 23.0 Å². The molecule has 4 aromatic rings. The molecule has 0 aliphatic carbocycles. The van der Waals surface area contributed by atoms with Crippen LogP contribution < -0.4 is 5.32 Å². The van der Waals surface area contributed by atoms with Crippen molar-refractivity contribution >= 4 is 17.4 Å². The summed E-state index contributed by atoms with van der Waals surface area (Å²) < 4.78 is 1.66. The summed E-state index contributed by atoms with van der Waals surface area (Å²) in [6.45, 7) is 2.97. The summed E-state index contributed by atoms with van der Waals surface area (Å²) in [4.78, 5) is 15.1. The zero-order chi connectivity index (χ0) is 23.1. The summed E-state index contributed by atoms with van der Waals surface area (Å²) >= 11 is 0. The Hall–Kier alpha value is -4.26. The van der Waals surface area contributed by atoms with E-state index in [1.807, 2.05) is 61.5 Å². The van der Waals surface area contributed by atoms with E-state index in [1.54, 1.807) is 16.6 Å². The monoisotopic (exact) mass is 440 g/mol. The van der Waals surface area contributed by atoms with Gasteiger partial charge in [0, 0.05) is 43.9 Å². The molecule has 0 saturated carbocycles. The highest BCUT2D eigenvalue weighted by Crippen LogP contribution is 2.36. The number of hydrogen-bond acceptors (Lipinski definition) is 5. The number of amides is 1. The van der Waals surface area contributed by atoms with E-state index in [4.69, 9.17) is 0 Å². The number of nitrogens with zero attached hydrogens (tertiary/aromatic N) is 3. The number of rotatable bonds is 4. The Balaban J connectivity index is 1.47.